The van der Waals surface area contributed by atoms with Crippen LogP contribution >= 0.6 is 0 Å². The molecular formula is C12H17NO3. The predicted octanol–water partition coefficient (Wildman–Crippen LogP) is 1.86. The largest absolute Gasteiger partial charge is 0.490 e. The van der Waals surface area contributed by atoms with Gasteiger partial charge in [-0.15, -0.1) is 0 Å². The van der Waals surface area contributed by atoms with Crippen LogP contribution in [-0.2, 0) is 11.2 Å². The zero-order valence-electron chi connectivity index (χ0n) is 9.66. The molecule has 4 heteroatoms. The highest BCUT2D eigenvalue weighted by Crippen LogP contribution is 2.27. The third kappa shape index (κ3) is 3.55. The lowest BCUT2D eigenvalue weighted by Crippen LogP contribution is -2.05. The van der Waals surface area contributed by atoms with Crippen molar-refractivity contribution in [2.75, 3.05) is 6.61 Å². The van der Waals surface area contributed by atoms with Crippen molar-refractivity contribution in [2.24, 2.45) is 5.90 Å². The van der Waals surface area contributed by atoms with Crippen molar-refractivity contribution in [2.45, 2.75) is 26.7 Å². The van der Waals surface area contributed by atoms with E-state index in [1.165, 1.54) is 0 Å². The van der Waals surface area contributed by atoms with Gasteiger partial charge in [-0.05, 0) is 38.0 Å². The Morgan fingerprint density at radius 3 is 2.69 bits per heavy atom. The molecule has 0 saturated heterocycles. The van der Waals surface area contributed by atoms with Gasteiger partial charge in [-0.2, -0.15) is 5.90 Å². The molecule has 1 aromatic rings. The molecule has 0 aliphatic carbocycles. The fourth-order valence-corrected chi connectivity index (χ4v) is 1.39. The molecule has 2 N–H and O–H groups in total. The number of carbonyl (C=O) groups excluding carboxylic acids is 1. The molecule has 0 fully saturated rings. The Morgan fingerprint density at radius 1 is 1.38 bits per heavy atom. The van der Waals surface area contributed by atoms with Crippen molar-refractivity contribution < 1.29 is 14.4 Å². The second-order valence-electron chi connectivity index (χ2n) is 3.53. The first-order chi connectivity index (χ1) is 7.67. The summed E-state index contributed by atoms with van der Waals surface area (Å²) in [5.41, 5.74) is 1.04. The van der Waals surface area contributed by atoms with Gasteiger partial charge >= 0.3 is 0 Å². The topological polar surface area (TPSA) is 61.5 Å². The monoisotopic (exact) mass is 223 g/mol. The maximum absolute atomic E-state index is 10.9. The molecule has 1 aromatic carbocycles. The Bertz CT molecular complexity index is 363. The number of aryl methyl sites for hydroxylation is 1. The average Bonchev–Trinajstić information content (AvgIpc) is 2.27. The van der Waals surface area contributed by atoms with Crippen molar-refractivity contribution in [3.8, 4) is 11.5 Å². The number of ketones is 1. The Kier molecular flexibility index (Phi) is 4.79. The molecule has 0 bridgehead atoms. The van der Waals surface area contributed by atoms with Crippen molar-refractivity contribution >= 4 is 5.78 Å². The number of hydrogen-bond acceptors (Lipinski definition) is 4. The van der Waals surface area contributed by atoms with Gasteiger partial charge in [0.2, 0.25) is 0 Å². The first-order valence-corrected chi connectivity index (χ1v) is 5.29. The summed E-state index contributed by atoms with van der Waals surface area (Å²) < 4.78 is 5.39. The number of carbonyl (C=O) groups is 1. The van der Waals surface area contributed by atoms with E-state index in [9.17, 15) is 4.79 Å². The fraction of sp³-hybridized carbons (Fsp3) is 0.417. The van der Waals surface area contributed by atoms with Gasteiger partial charge in [-0.3, -0.25) is 0 Å². The SMILES string of the molecule is CCOc1cc(CCC(C)=O)ccc1ON. The zero-order valence-corrected chi connectivity index (χ0v) is 9.66. The smallest absolute Gasteiger partial charge is 0.188 e. The van der Waals surface area contributed by atoms with Crippen LogP contribution in [0.15, 0.2) is 18.2 Å². The van der Waals surface area contributed by atoms with Crippen molar-refractivity contribution in [3.05, 3.63) is 23.8 Å². The lowest BCUT2D eigenvalue weighted by Gasteiger charge is -2.10. The molecule has 0 aliphatic heterocycles. The van der Waals surface area contributed by atoms with E-state index in [-0.39, 0.29) is 5.78 Å². The summed E-state index contributed by atoms with van der Waals surface area (Å²) >= 11 is 0. The minimum atomic E-state index is 0.178. The second-order valence-corrected chi connectivity index (χ2v) is 3.53. The van der Waals surface area contributed by atoms with Gasteiger partial charge < -0.3 is 14.4 Å². The van der Waals surface area contributed by atoms with E-state index >= 15 is 0 Å². The minimum absolute atomic E-state index is 0.178. The molecule has 0 aromatic heterocycles. The summed E-state index contributed by atoms with van der Waals surface area (Å²) in [6.07, 6.45) is 1.24. The highest BCUT2D eigenvalue weighted by molar-refractivity contribution is 5.75. The quantitative estimate of drug-likeness (QED) is 0.748. The number of benzene rings is 1. The molecule has 0 spiro atoms. The van der Waals surface area contributed by atoms with E-state index in [2.05, 4.69) is 4.84 Å². The number of nitrogens with two attached hydrogens (primary N) is 1. The molecule has 4 nitrogen and oxygen atoms in total. The van der Waals surface area contributed by atoms with E-state index < -0.39 is 0 Å². The summed E-state index contributed by atoms with van der Waals surface area (Å²) in [5, 5.41) is 0. The molecule has 0 aliphatic rings. The number of Topliss-reactive ketones (excluding diaryl/α,β-unsaturated/α-hetero) is 1. The minimum Gasteiger partial charge on any atom is -0.490 e. The Hall–Kier alpha value is -1.55. The molecule has 0 atom stereocenters. The molecule has 0 amide bonds. The maximum Gasteiger partial charge on any atom is 0.188 e. The van der Waals surface area contributed by atoms with Gasteiger partial charge in [0.15, 0.2) is 11.5 Å². The summed E-state index contributed by atoms with van der Waals surface area (Å²) in [4.78, 5) is 15.6. The van der Waals surface area contributed by atoms with Crippen LogP contribution in [0, 0.1) is 0 Å². The Balaban J connectivity index is 2.79. The van der Waals surface area contributed by atoms with Crippen LogP contribution in [0.3, 0.4) is 0 Å². The highest BCUT2D eigenvalue weighted by atomic mass is 16.6. The van der Waals surface area contributed by atoms with Crippen LogP contribution in [0.1, 0.15) is 25.8 Å². The lowest BCUT2D eigenvalue weighted by atomic mass is 10.1. The third-order valence-electron chi connectivity index (χ3n) is 2.20. The van der Waals surface area contributed by atoms with Crippen LogP contribution in [0.5, 0.6) is 11.5 Å². The van der Waals surface area contributed by atoms with E-state index in [1.54, 1.807) is 13.0 Å². The molecule has 88 valence electrons. The second kappa shape index (κ2) is 6.12. The van der Waals surface area contributed by atoms with Crippen LogP contribution in [0.25, 0.3) is 0 Å². The molecular weight excluding hydrogens is 206 g/mol. The van der Waals surface area contributed by atoms with E-state index in [0.717, 1.165) is 5.56 Å². The van der Waals surface area contributed by atoms with Gasteiger partial charge in [-0.1, -0.05) is 6.07 Å². The van der Waals surface area contributed by atoms with Gasteiger partial charge in [0.1, 0.15) is 5.78 Å². The summed E-state index contributed by atoms with van der Waals surface area (Å²) in [6, 6.07) is 5.49. The van der Waals surface area contributed by atoms with E-state index in [1.807, 2.05) is 19.1 Å². The van der Waals surface area contributed by atoms with Crippen LogP contribution in [0.2, 0.25) is 0 Å². The van der Waals surface area contributed by atoms with Crippen molar-refractivity contribution in [3.63, 3.8) is 0 Å². The summed E-state index contributed by atoms with van der Waals surface area (Å²) in [6.45, 7) is 4.02. The van der Waals surface area contributed by atoms with Gasteiger partial charge in [0.05, 0.1) is 6.61 Å². The zero-order chi connectivity index (χ0) is 12.0. The maximum atomic E-state index is 10.9. The summed E-state index contributed by atoms with van der Waals surface area (Å²) in [5.74, 6) is 6.42. The average molecular weight is 223 g/mol. The number of rotatable bonds is 6. The van der Waals surface area contributed by atoms with Crippen LogP contribution < -0.4 is 15.5 Å². The molecule has 0 unspecified atom stereocenters. The number of ether oxygens (including phenoxy) is 1. The first-order valence-electron chi connectivity index (χ1n) is 5.29. The van der Waals surface area contributed by atoms with E-state index in [4.69, 9.17) is 10.6 Å². The standard InChI is InChI=1S/C12H17NO3/c1-3-15-12-8-10(5-4-9(2)14)6-7-11(12)16-13/h6-8H,3-5,13H2,1-2H3. The lowest BCUT2D eigenvalue weighted by molar-refractivity contribution is -0.116. The van der Waals surface area contributed by atoms with Gasteiger partial charge in [-0.25, -0.2) is 0 Å². The highest BCUT2D eigenvalue weighted by Gasteiger charge is 2.06. The Labute approximate surface area is 95.3 Å². The van der Waals surface area contributed by atoms with Gasteiger partial charge in [0, 0.05) is 6.42 Å². The molecule has 0 radical (unpaired) electrons. The fourth-order valence-electron chi connectivity index (χ4n) is 1.39. The number of hydrogen-bond donors (Lipinski definition) is 1. The normalized spacial score (nSPS) is 9.94. The third-order valence-corrected chi connectivity index (χ3v) is 2.20. The van der Waals surface area contributed by atoms with Crippen LogP contribution in [-0.4, -0.2) is 12.4 Å². The van der Waals surface area contributed by atoms with Crippen molar-refractivity contribution in [1.82, 2.24) is 0 Å². The van der Waals surface area contributed by atoms with Crippen LogP contribution in [0.4, 0.5) is 0 Å². The summed E-state index contributed by atoms with van der Waals surface area (Å²) in [7, 11) is 0. The van der Waals surface area contributed by atoms with Gasteiger partial charge in [0.25, 0.3) is 0 Å². The van der Waals surface area contributed by atoms with Crippen molar-refractivity contribution in [1.29, 1.82) is 0 Å². The first kappa shape index (κ1) is 12.5. The van der Waals surface area contributed by atoms with E-state index in [0.29, 0.717) is 30.9 Å². The predicted molar refractivity (Wildman–Crippen MR) is 61.4 cm³/mol. The molecule has 1 rings (SSSR count). The molecule has 0 saturated carbocycles. The molecule has 16 heavy (non-hydrogen) atoms. The Morgan fingerprint density at radius 2 is 2.12 bits per heavy atom. The molecule has 0 heterocycles.